The van der Waals surface area contributed by atoms with Gasteiger partial charge in [0.1, 0.15) is 0 Å². The van der Waals surface area contributed by atoms with Crippen LogP contribution in [0.5, 0.6) is 0 Å². The summed E-state index contributed by atoms with van der Waals surface area (Å²) in [5, 5.41) is 0. The molecule has 0 aromatic heterocycles. The van der Waals surface area contributed by atoms with Crippen molar-refractivity contribution < 1.29 is 4.79 Å². The molecule has 1 aliphatic heterocycles. The summed E-state index contributed by atoms with van der Waals surface area (Å²) >= 11 is 0. The van der Waals surface area contributed by atoms with Crippen LogP contribution in [0, 0.1) is 0 Å². The highest BCUT2D eigenvalue weighted by molar-refractivity contribution is 5.76. The zero-order chi connectivity index (χ0) is 19.1. The molecule has 0 radical (unpaired) electrons. The molecule has 1 saturated heterocycles. The van der Waals surface area contributed by atoms with Gasteiger partial charge in [0.2, 0.25) is 5.91 Å². The van der Waals surface area contributed by atoms with Gasteiger partial charge in [0.05, 0.1) is 0 Å². The third kappa shape index (κ3) is 5.59. The molecule has 3 heteroatoms. The lowest BCUT2D eigenvalue weighted by Crippen LogP contribution is -2.29. The molecular formula is C24H32N2O. The van der Waals surface area contributed by atoms with Crippen LogP contribution in [0.25, 0.3) is 0 Å². The molecule has 27 heavy (non-hydrogen) atoms. The largest absolute Gasteiger partial charge is 0.372 e. The fraction of sp³-hybridized carbons (Fsp3) is 0.458. The van der Waals surface area contributed by atoms with Crippen molar-refractivity contribution in [3.05, 3.63) is 65.2 Å². The second kappa shape index (κ2) is 9.59. The number of piperidine rings is 1. The van der Waals surface area contributed by atoms with Crippen molar-refractivity contribution >= 4 is 11.6 Å². The Morgan fingerprint density at radius 3 is 2.11 bits per heavy atom. The number of carbonyl (C=O) groups is 1. The molecule has 0 atom stereocenters. The zero-order valence-corrected chi connectivity index (χ0v) is 16.8. The van der Waals surface area contributed by atoms with E-state index in [1.807, 2.05) is 11.9 Å². The normalized spacial score (nSPS) is 14.2. The van der Waals surface area contributed by atoms with E-state index in [0.29, 0.717) is 13.0 Å². The molecule has 0 unspecified atom stereocenters. The Hall–Kier alpha value is -2.29. The molecule has 144 valence electrons. The number of rotatable bonds is 7. The standard InChI is InChI=1S/C24H32N2O/c1-3-20-7-9-21(10-8-20)13-16-24(27)25(2)19-22-11-14-23(15-12-22)26-17-5-4-6-18-26/h7-12,14-15H,3-6,13,16-19H2,1-2H3. The average molecular weight is 365 g/mol. The van der Waals surface area contributed by atoms with Crippen LogP contribution in [-0.4, -0.2) is 30.9 Å². The van der Waals surface area contributed by atoms with Gasteiger partial charge in [-0.25, -0.2) is 0 Å². The lowest BCUT2D eigenvalue weighted by atomic mass is 10.1. The molecule has 3 nitrogen and oxygen atoms in total. The van der Waals surface area contributed by atoms with Gasteiger partial charge in [-0.2, -0.15) is 0 Å². The maximum absolute atomic E-state index is 12.5. The summed E-state index contributed by atoms with van der Waals surface area (Å²) in [7, 11) is 1.90. The number of carbonyl (C=O) groups excluding carboxylic acids is 1. The summed E-state index contributed by atoms with van der Waals surface area (Å²) in [6, 6.07) is 17.3. The van der Waals surface area contributed by atoms with Gasteiger partial charge in [-0.3, -0.25) is 4.79 Å². The predicted octanol–water partition coefficient (Wildman–Crippen LogP) is 4.83. The van der Waals surface area contributed by atoms with Gasteiger partial charge in [0, 0.05) is 38.8 Å². The van der Waals surface area contributed by atoms with Crippen LogP contribution in [0.15, 0.2) is 48.5 Å². The van der Waals surface area contributed by atoms with Gasteiger partial charge in [-0.05, 0) is 60.9 Å². The maximum atomic E-state index is 12.5. The SMILES string of the molecule is CCc1ccc(CCC(=O)N(C)Cc2ccc(N3CCCCC3)cc2)cc1. The first-order valence-corrected chi connectivity index (χ1v) is 10.3. The fourth-order valence-corrected chi connectivity index (χ4v) is 3.71. The Morgan fingerprint density at radius 1 is 0.889 bits per heavy atom. The molecule has 1 heterocycles. The molecular weight excluding hydrogens is 332 g/mol. The summed E-state index contributed by atoms with van der Waals surface area (Å²) < 4.78 is 0. The van der Waals surface area contributed by atoms with E-state index in [9.17, 15) is 4.79 Å². The van der Waals surface area contributed by atoms with E-state index in [1.54, 1.807) is 0 Å². The highest BCUT2D eigenvalue weighted by Crippen LogP contribution is 2.20. The summed E-state index contributed by atoms with van der Waals surface area (Å²) in [4.78, 5) is 16.8. The highest BCUT2D eigenvalue weighted by Gasteiger charge is 2.12. The summed E-state index contributed by atoms with van der Waals surface area (Å²) in [5.74, 6) is 0.203. The highest BCUT2D eigenvalue weighted by atomic mass is 16.2. The van der Waals surface area contributed by atoms with E-state index in [2.05, 4.69) is 60.4 Å². The van der Waals surface area contributed by atoms with E-state index in [1.165, 1.54) is 41.6 Å². The van der Waals surface area contributed by atoms with Crippen LogP contribution in [0.4, 0.5) is 5.69 Å². The number of anilines is 1. The summed E-state index contributed by atoms with van der Waals surface area (Å²) in [5.41, 5.74) is 5.08. The second-order valence-electron chi connectivity index (χ2n) is 7.63. The van der Waals surface area contributed by atoms with Gasteiger partial charge in [-0.15, -0.1) is 0 Å². The molecule has 2 aromatic rings. The van der Waals surface area contributed by atoms with Crippen molar-refractivity contribution in [2.45, 2.75) is 52.0 Å². The molecule has 3 rings (SSSR count). The first kappa shape index (κ1) is 19.5. The first-order chi connectivity index (χ1) is 13.2. The van der Waals surface area contributed by atoms with Crippen molar-refractivity contribution in [1.29, 1.82) is 0 Å². The van der Waals surface area contributed by atoms with Crippen LogP contribution < -0.4 is 4.90 Å². The lowest BCUT2D eigenvalue weighted by molar-refractivity contribution is -0.130. The molecule has 2 aromatic carbocycles. The lowest BCUT2D eigenvalue weighted by Gasteiger charge is -2.29. The first-order valence-electron chi connectivity index (χ1n) is 10.3. The third-order valence-electron chi connectivity index (χ3n) is 5.56. The third-order valence-corrected chi connectivity index (χ3v) is 5.56. The Balaban J connectivity index is 1.48. The molecule has 1 amide bonds. The monoisotopic (exact) mass is 364 g/mol. The van der Waals surface area contributed by atoms with Gasteiger partial charge in [0.15, 0.2) is 0 Å². The minimum absolute atomic E-state index is 0.203. The average Bonchev–Trinajstić information content (AvgIpc) is 2.73. The minimum Gasteiger partial charge on any atom is -0.372 e. The van der Waals surface area contributed by atoms with Gasteiger partial charge in [0.25, 0.3) is 0 Å². The van der Waals surface area contributed by atoms with Crippen LogP contribution >= 0.6 is 0 Å². The van der Waals surface area contributed by atoms with E-state index < -0.39 is 0 Å². The molecule has 0 bridgehead atoms. The van der Waals surface area contributed by atoms with Crippen molar-refractivity contribution in [2.75, 3.05) is 25.0 Å². The van der Waals surface area contributed by atoms with E-state index in [-0.39, 0.29) is 5.91 Å². The number of amides is 1. The second-order valence-corrected chi connectivity index (χ2v) is 7.63. The minimum atomic E-state index is 0.203. The van der Waals surface area contributed by atoms with Gasteiger partial charge in [-0.1, -0.05) is 43.3 Å². The van der Waals surface area contributed by atoms with Crippen molar-refractivity contribution in [2.24, 2.45) is 0 Å². The Bertz CT molecular complexity index is 715. The molecule has 0 aliphatic carbocycles. The Labute approximate surface area is 164 Å². The number of benzene rings is 2. The molecule has 1 fully saturated rings. The Morgan fingerprint density at radius 2 is 1.48 bits per heavy atom. The molecule has 0 N–H and O–H groups in total. The summed E-state index contributed by atoms with van der Waals surface area (Å²) in [6.07, 6.45) is 6.36. The quantitative estimate of drug-likeness (QED) is 0.702. The molecule has 0 spiro atoms. The number of nitrogens with zero attached hydrogens (tertiary/aromatic N) is 2. The zero-order valence-electron chi connectivity index (χ0n) is 16.8. The Kier molecular flexibility index (Phi) is 6.92. The summed E-state index contributed by atoms with van der Waals surface area (Å²) in [6.45, 7) is 5.16. The number of aryl methyl sites for hydroxylation is 2. The van der Waals surface area contributed by atoms with Crippen LogP contribution in [0.1, 0.15) is 49.3 Å². The maximum Gasteiger partial charge on any atom is 0.222 e. The van der Waals surface area contributed by atoms with Gasteiger partial charge < -0.3 is 9.80 Å². The molecule has 0 saturated carbocycles. The fourth-order valence-electron chi connectivity index (χ4n) is 3.71. The van der Waals surface area contributed by atoms with Crippen molar-refractivity contribution in [3.63, 3.8) is 0 Å². The van der Waals surface area contributed by atoms with E-state index >= 15 is 0 Å². The number of hydrogen-bond donors (Lipinski definition) is 0. The van der Waals surface area contributed by atoms with E-state index in [0.717, 1.165) is 25.9 Å². The van der Waals surface area contributed by atoms with Crippen molar-refractivity contribution in [3.8, 4) is 0 Å². The molecule has 1 aliphatic rings. The van der Waals surface area contributed by atoms with E-state index in [4.69, 9.17) is 0 Å². The van der Waals surface area contributed by atoms with Crippen LogP contribution in [0.3, 0.4) is 0 Å². The topological polar surface area (TPSA) is 23.6 Å². The van der Waals surface area contributed by atoms with Crippen LogP contribution in [-0.2, 0) is 24.2 Å². The smallest absolute Gasteiger partial charge is 0.222 e. The predicted molar refractivity (Wildman–Crippen MR) is 113 cm³/mol. The number of hydrogen-bond acceptors (Lipinski definition) is 2. The van der Waals surface area contributed by atoms with Crippen molar-refractivity contribution in [1.82, 2.24) is 4.90 Å². The van der Waals surface area contributed by atoms with Gasteiger partial charge >= 0.3 is 0 Å². The van der Waals surface area contributed by atoms with Crippen LogP contribution in [0.2, 0.25) is 0 Å².